The van der Waals surface area contributed by atoms with Gasteiger partial charge in [-0.1, -0.05) is 67.6 Å². The van der Waals surface area contributed by atoms with Crippen LogP contribution in [0.4, 0.5) is 0 Å². The molecule has 0 amide bonds. The van der Waals surface area contributed by atoms with Crippen molar-refractivity contribution < 1.29 is 5.11 Å². The molecule has 2 nitrogen and oxygen atoms in total. The van der Waals surface area contributed by atoms with Crippen LogP contribution in [-0.2, 0) is 0 Å². The number of hydrogen-bond acceptors (Lipinski definition) is 2. The van der Waals surface area contributed by atoms with Crippen molar-refractivity contribution in [2.75, 3.05) is 13.2 Å². The second-order valence-corrected chi connectivity index (χ2v) is 5.28. The van der Waals surface area contributed by atoms with E-state index < -0.39 is 0 Å². The Kier molecular flexibility index (Phi) is 5.78. The van der Waals surface area contributed by atoms with E-state index in [-0.39, 0.29) is 12.6 Å². The number of aliphatic hydroxyl groups is 1. The lowest BCUT2D eigenvalue weighted by Gasteiger charge is -2.22. The molecule has 0 radical (unpaired) electrons. The Morgan fingerprint density at radius 1 is 0.900 bits per heavy atom. The molecule has 106 valence electrons. The van der Waals surface area contributed by atoms with Crippen LogP contribution >= 0.6 is 0 Å². The largest absolute Gasteiger partial charge is 0.396 e. The molecule has 1 unspecified atom stereocenters. The quantitative estimate of drug-likeness (QED) is 0.807. The first kappa shape index (κ1) is 14.8. The molecule has 0 aromatic heterocycles. The molecular formula is C18H23NO. The molecule has 0 spiro atoms. The molecule has 2 N–H and O–H groups in total. The summed E-state index contributed by atoms with van der Waals surface area (Å²) >= 11 is 0. The minimum Gasteiger partial charge on any atom is -0.396 e. The van der Waals surface area contributed by atoms with Gasteiger partial charge in [-0.05, 0) is 30.0 Å². The van der Waals surface area contributed by atoms with Gasteiger partial charge in [0.1, 0.15) is 0 Å². The topological polar surface area (TPSA) is 32.3 Å². The van der Waals surface area contributed by atoms with E-state index in [0.29, 0.717) is 5.92 Å². The lowest BCUT2D eigenvalue weighted by molar-refractivity contribution is 0.259. The summed E-state index contributed by atoms with van der Waals surface area (Å²) in [6.45, 7) is 3.31. The van der Waals surface area contributed by atoms with Crippen LogP contribution in [-0.4, -0.2) is 18.3 Å². The molecule has 0 aliphatic carbocycles. The van der Waals surface area contributed by atoms with Gasteiger partial charge in [0.25, 0.3) is 0 Å². The highest BCUT2D eigenvalue weighted by molar-refractivity contribution is 5.31. The zero-order chi connectivity index (χ0) is 14.2. The SMILES string of the molecule is CC(CCO)CNC(c1ccccc1)c1ccccc1. The molecule has 2 heteroatoms. The van der Waals surface area contributed by atoms with Crippen LogP contribution in [0.5, 0.6) is 0 Å². The second-order valence-electron chi connectivity index (χ2n) is 5.28. The maximum Gasteiger partial charge on any atom is 0.0576 e. The zero-order valence-electron chi connectivity index (χ0n) is 12.0. The van der Waals surface area contributed by atoms with Crippen molar-refractivity contribution in [1.29, 1.82) is 0 Å². The molecule has 0 aliphatic rings. The molecule has 20 heavy (non-hydrogen) atoms. The highest BCUT2D eigenvalue weighted by Crippen LogP contribution is 2.22. The number of aliphatic hydroxyl groups excluding tert-OH is 1. The number of rotatable bonds is 7. The van der Waals surface area contributed by atoms with E-state index in [1.165, 1.54) is 11.1 Å². The normalized spacial score (nSPS) is 12.6. The van der Waals surface area contributed by atoms with Gasteiger partial charge >= 0.3 is 0 Å². The molecular weight excluding hydrogens is 246 g/mol. The van der Waals surface area contributed by atoms with Crippen LogP contribution in [0.3, 0.4) is 0 Å². The van der Waals surface area contributed by atoms with Crippen LogP contribution in [0, 0.1) is 5.92 Å². The van der Waals surface area contributed by atoms with Crippen molar-refractivity contribution in [3.05, 3.63) is 71.8 Å². The van der Waals surface area contributed by atoms with Crippen molar-refractivity contribution in [2.45, 2.75) is 19.4 Å². The molecule has 0 fully saturated rings. The Labute approximate surface area is 121 Å². The Morgan fingerprint density at radius 3 is 1.85 bits per heavy atom. The van der Waals surface area contributed by atoms with Crippen molar-refractivity contribution in [2.24, 2.45) is 5.92 Å². The van der Waals surface area contributed by atoms with Crippen LogP contribution in [0.15, 0.2) is 60.7 Å². The van der Waals surface area contributed by atoms with Crippen molar-refractivity contribution in [1.82, 2.24) is 5.32 Å². The van der Waals surface area contributed by atoms with Gasteiger partial charge in [-0.25, -0.2) is 0 Å². The Hall–Kier alpha value is -1.64. The Balaban J connectivity index is 2.13. The fraction of sp³-hybridized carbons (Fsp3) is 0.333. The van der Waals surface area contributed by atoms with E-state index >= 15 is 0 Å². The van der Waals surface area contributed by atoms with Gasteiger partial charge in [-0.2, -0.15) is 0 Å². The standard InChI is InChI=1S/C18H23NO/c1-15(12-13-20)14-19-18(16-8-4-2-5-9-16)17-10-6-3-7-11-17/h2-11,15,18-20H,12-14H2,1H3. The maximum atomic E-state index is 9.01. The van der Waals surface area contributed by atoms with Gasteiger partial charge in [0.05, 0.1) is 6.04 Å². The first-order valence-corrected chi connectivity index (χ1v) is 7.25. The van der Waals surface area contributed by atoms with E-state index in [1.54, 1.807) is 0 Å². The lowest BCUT2D eigenvalue weighted by atomic mass is 9.98. The van der Waals surface area contributed by atoms with E-state index in [0.717, 1.165) is 13.0 Å². The van der Waals surface area contributed by atoms with Crippen molar-refractivity contribution >= 4 is 0 Å². The summed E-state index contributed by atoms with van der Waals surface area (Å²) in [5.74, 6) is 0.468. The summed E-state index contributed by atoms with van der Waals surface area (Å²) < 4.78 is 0. The fourth-order valence-electron chi connectivity index (χ4n) is 2.36. The third-order valence-corrected chi connectivity index (χ3v) is 3.56. The average molecular weight is 269 g/mol. The summed E-state index contributed by atoms with van der Waals surface area (Å²) in [6.07, 6.45) is 0.837. The fourth-order valence-corrected chi connectivity index (χ4v) is 2.36. The number of hydrogen-bond donors (Lipinski definition) is 2. The van der Waals surface area contributed by atoms with Crippen LogP contribution < -0.4 is 5.32 Å². The van der Waals surface area contributed by atoms with Gasteiger partial charge in [-0.15, -0.1) is 0 Å². The second kappa shape index (κ2) is 7.83. The molecule has 0 aliphatic heterocycles. The summed E-state index contributed by atoms with van der Waals surface area (Å²) in [5, 5.41) is 12.6. The molecule has 0 saturated carbocycles. The van der Waals surface area contributed by atoms with Crippen LogP contribution in [0.25, 0.3) is 0 Å². The highest BCUT2D eigenvalue weighted by atomic mass is 16.3. The number of benzene rings is 2. The van der Waals surface area contributed by atoms with Gasteiger partial charge in [0, 0.05) is 6.61 Å². The third kappa shape index (κ3) is 4.19. The van der Waals surface area contributed by atoms with Gasteiger partial charge in [0.2, 0.25) is 0 Å². The van der Waals surface area contributed by atoms with Gasteiger partial charge in [0.15, 0.2) is 0 Å². The summed E-state index contributed by atoms with van der Waals surface area (Å²) in [6, 6.07) is 21.2. The van der Waals surface area contributed by atoms with E-state index in [9.17, 15) is 0 Å². The molecule has 1 atom stereocenters. The highest BCUT2D eigenvalue weighted by Gasteiger charge is 2.14. The maximum absolute atomic E-state index is 9.01. The zero-order valence-corrected chi connectivity index (χ0v) is 12.0. The van der Waals surface area contributed by atoms with Gasteiger partial charge < -0.3 is 10.4 Å². The van der Waals surface area contributed by atoms with Crippen molar-refractivity contribution in [3.8, 4) is 0 Å². The lowest BCUT2D eigenvalue weighted by Crippen LogP contribution is -2.27. The first-order valence-electron chi connectivity index (χ1n) is 7.25. The van der Waals surface area contributed by atoms with E-state index in [4.69, 9.17) is 5.11 Å². The van der Waals surface area contributed by atoms with E-state index in [2.05, 4.69) is 60.8 Å². The summed E-state index contributed by atoms with van der Waals surface area (Å²) in [5.41, 5.74) is 2.55. The molecule has 2 aromatic carbocycles. The Morgan fingerprint density at radius 2 is 1.40 bits per heavy atom. The molecule has 2 rings (SSSR count). The summed E-state index contributed by atoms with van der Waals surface area (Å²) in [4.78, 5) is 0. The predicted octanol–water partition coefficient (Wildman–Crippen LogP) is 3.38. The van der Waals surface area contributed by atoms with Crippen LogP contribution in [0.2, 0.25) is 0 Å². The average Bonchev–Trinajstić information content (AvgIpc) is 2.50. The first-order chi connectivity index (χ1) is 9.81. The minimum absolute atomic E-state index is 0.207. The predicted molar refractivity (Wildman–Crippen MR) is 83.6 cm³/mol. The molecule has 0 heterocycles. The van der Waals surface area contributed by atoms with Crippen molar-refractivity contribution in [3.63, 3.8) is 0 Å². The Bertz CT molecular complexity index is 444. The molecule has 0 saturated heterocycles. The smallest absolute Gasteiger partial charge is 0.0576 e. The monoisotopic (exact) mass is 269 g/mol. The minimum atomic E-state index is 0.207. The molecule has 0 bridgehead atoms. The van der Waals surface area contributed by atoms with Crippen LogP contribution in [0.1, 0.15) is 30.5 Å². The summed E-state index contributed by atoms with van der Waals surface area (Å²) in [7, 11) is 0. The molecule has 2 aromatic rings. The van der Waals surface area contributed by atoms with Gasteiger partial charge in [-0.3, -0.25) is 0 Å². The third-order valence-electron chi connectivity index (χ3n) is 3.56. The van der Waals surface area contributed by atoms with E-state index in [1.807, 2.05) is 12.1 Å². The number of nitrogens with one attached hydrogen (secondary N) is 1.